The van der Waals surface area contributed by atoms with E-state index in [9.17, 15) is 4.79 Å². The molecule has 0 radical (unpaired) electrons. The van der Waals surface area contributed by atoms with Gasteiger partial charge in [0.25, 0.3) is 0 Å². The van der Waals surface area contributed by atoms with E-state index in [2.05, 4.69) is 34.0 Å². The summed E-state index contributed by atoms with van der Waals surface area (Å²) in [7, 11) is 0. The lowest BCUT2D eigenvalue weighted by atomic mass is 10.1. The molecule has 0 aromatic carbocycles. The van der Waals surface area contributed by atoms with Gasteiger partial charge in [-0.1, -0.05) is 13.8 Å². The summed E-state index contributed by atoms with van der Waals surface area (Å²) in [5, 5.41) is 3.13. The maximum absolute atomic E-state index is 12.2. The molecule has 23 heavy (non-hydrogen) atoms. The van der Waals surface area contributed by atoms with E-state index in [4.69, 9.17) is 4.74 Å². The molecule has 1 amide bonds. The summed E-state index contributed by atoms with van der Waals surface area (Å²) >= 11 is 0. The molecule has 0 bridgehead atoms. The molecular formula is C17H26N4O2. The fourth-order valence-corrected chi connectivity index (χ4v) is 3.10. The molecule has 3 rings (SSSR count). The van der Waals surface area contributed by atoms with Crippen LogP contribution in [0.5, 0.6) is 0 Å². The van der Waals surface area contributed by atoms with E-state index < -0.39 is 0 Å². The zero-order valence-electron chi connectivity index (χ0n) is 14.0. The lowest BCUT2D eigenvalue weighted by molar-refractivity contribution is -0.123. The Morgan fingerprint density at radius 2 is 2.22 bits per heavy atom. The molecule has 6 nitrogen and oxygen atoms in total. The minimum atomic E-state index is 0.110. The summed E-state index contributed by atoms with van der Waals surface area (Å²) in [5.41, 5.74) is 2.30. The number of nitrogens with zero attached hydrogens (tertiary/aromatic N) is 3. The summed E-state index contributed by atoms with van der Waals surface area (Å²) in [6.07, 6.45) is 4.70. The zero-order chi connectivity index (χ0) is 16.2. The van der Waals surface area contributed by atoms with Crippen LogP contribution in [0.4, 0.5) is 0 Å². The number of hydrogen-bond acceptors (Lipinski definition) is 5. The van der Waals surface area contributed by atoms with E-state index >= 15 is 0 Å². The number of hydrogen-bond donors (Lipinski definition) is 1. The van der Waals surface area contributed by atoms with Crippen molar-refractivity contribution >= 4 is 5.91 Å². The first-order chi connectivity index (χ1) is 11.1. The van der Waals surface area contributed by atoms with Crippen LogP contribution in [0.3, 0.4) is 0 Å². The minimum Gasteiger partial charge on any atom is -0.381 e. The van der Waals surface area contributed by atoms with Crippen LogP contribution in [0.15, 0.2) is 6.20 Å². The molecule has 126 valence electrons. The number of carbonyl (C=O) groups excluding carboxylic acids is 1. The Morgan fingerprint density at radius 3 is 2.96 bits per heavy atom. The first-order valence-electron chi connectivity index (χ1n) is 8.56. The summed E-state index contributed by atoms with van der Waals surface area (Å²) in [6, 6.07) is 0.267. The second-order valence-corrected chi connectivity index (χ2v) is 6.77. The van der Waals surface area contributed by atoms with Crippen molar-refractivity contribution in [1.29, 1.82) is 0 Å². The Bertz CT molecular complexity index is 556. The molecule has 3 heterocycles. The maximum atomic E-state index is 12.2. The number of rotatable bonds is 4. The number of ether oxygens (including phenoxy) is 1. The third-order valence-corrected chi connectivity index (χ3v) is 4.51. The Labute approximate surface area is 137 Å². The Morgan fingerprint density at radius 1 is 1.43 bits per heavy atom. The van der Waals surface area contributed by atoms with Gasteiger partial charge in [-0.2, -0.15) is 0 Å². The van der Waals surface area contributed by atoms with Gasteiger partial charge >= 0.3 is 0 Å². The van der Waals surface area contributed by atoms with Crippen molar-refractivity contribution in [1.82, 2.24) is 20.2 Å². The van der Waals surface area contributed by atoms with Crippen LogP contribution in [0.2, 0.25) is 0 Å². The molecule has 0 aliphatic carbocycles. The number of amides is 1. The molecule has 6 heteroatoms. The first kappa shape index (κ1) is 16.3. The predicted octanol–water partition coefficient (Wildman–Crippen LogP) is 1.25. The quantitative estimate of drug-likeness (QED) is 0.905. The van der Waals surface area contributed by atoms with Gasteiger partial charge in [0.15, 0.2) is 0 Å². The average molecular weight is 318 g/mol. The van der Waals surface area contributed by atoms with E-state index in [-0.39, 0.29) is 11.9 Å². The van der Waals surface area contributed by atoms with Crippen LogP contribution in [0.25, 0.3) is 0 Å². The molecule has 1 aromatic heterocycles. The molecular weight excluding hydrogens is 292 g/mol. The highest BCUT2D eigenvalue weighted by atomic mass is 16.5. The largest absolute Gasteiger partial charge is 0.381 e. The van der Waals surface area contributed by atoms with Crippen molar-refractivity contribution in [2.45, 2.75) is 51.6 Å². The van der Waals surface area contributed by atoms with Crippen molar-refractivity contribution in [3.63, 3.8) is 0 Å². The van der Waals surface area contributed by atoms with Crippen molar-refractivity contribution in [2.75, 3.05) is 26.3 Å². The van der Waals surface area contributed by atoms with Gasteiger partial charge in [0.1, 0.15) is 5.82 Å². The van der Waals surface area contributed by atoms with E-state index in [0.29, 0.717) is 12.5 Å². The lowest BCUT2D eigenvalue weighted by Crippen LogP contribution is -2.45. The van der Waals surface area contributed by atoms with E-state index in [1.807, 2.05) is 6.20 Å². The smallest absolute Gasteiger partial charge is 0.234 e. The van der Waals surface area contributed by atoms with Crippen LogP contribution in [-0.2, 0) is 22.5 Å². The molecule has 2 aliphatic heterocycles. The highest BCUT2D eigenvalue weighted by Gasteiger charge is 2.22. The molecule has 0 spiro atoms. The van der Waals surface area contributed by atoms with Gasteiger partial charge in [0.05, 0.1) is 12.2 Å². The standard InChI is InChI=1S/C17H26N4O2/c1-12(2)17-18-9-13-3-6-21(10-15(13)20-17)11-16(22)19-14-4-7-23-8-5-14/h9,12,14H,3-8,10-11H2,1-2H3,(H,19,22). The fraction of sp³-hybridized carbons (Fsp3) is 0.706. The van der Waals surface area contributed by atoms with Gasteiger partial charge in [-0.3, -0.25) is 9.69 Å². The van der Waals surface area contributed by atoms with Crippen LogP contribution in [-0.4, -0.2) is 53.1 Å². The third kappa shape index (κ3) is 4.26. The average Bonchev–Trinajstić information content (AvgIpc) is 2.55. The maximum Gasteiger partial charge on any atom is 0.234 e. The lowest BCUT2D eigenvalue weighted by Gasteiger charge is -2.29. The second-order valence-electron chi connectivity index (χ2n) is 6.77. The van der Waals surface area contributed by atoms with E-state index in [0.717, 1.165) is 57.1 Å². The normalized spacial score (nSPS) is 19.6. The van der Waals surface area contributed by atoms with Crippen molar-refractivity contribution < 1.29 is 9.53 Å². The zero-order valence-corrected chi connectivity index (χ0v) is 14.0. The van der Waals surface area contributed by atoms with E-state index in [1.165, 1.54) is 5.56 Å². The summed E-state index contributed by atoms with van der Waals surface area (Å²) in [5.74, 6) is 1.32. The monoisotopic (exact) mass is 318 g/mol. The highest BCUT2D eigenvalue weighted by Crippen LogP contribution is 2.18. The van der Waals surface area contributed by atoms with Crippen LogP contribution < -0.4 is 5.32 Å². The molecule has 2 aliphatic rings. The van der Waals surface area contributed by atoms with Gasteiger partial charge in [-0.05, 0) is 24.8 Å². The van der Waals surface area contributed by atoms with Gasteiger partial charge in [-0.15, -0.1) is 0 Å². The Balaban J connectivity index is 1.56. The number of fused-ring (bicyclic) bond motifs is 1. The Kier molecular flexibility index (Phi) is 5.23. The van der Waals surface area contributed by atoms with Crippen molar-refractivity contribution in [3.05, 3.63) is 23.3 Å². The topological polar surface area (TPSA) is 67.4 Å². The van der Waals surface area contributed by atoms with Gasteiger partial charge < -0.3 is 10.1 Å². The summed E-state index contributed by atoms with van der Waals surface area (Å²) in [6.45, 7) is 7.76. The predicted molar refractivity (Wildman–Crippen MR) is 87.1 cm³/mol. The van der Waals surface area contributed by atoms with Gasteiger partial charge in [0, 0.05) is 44.5 Å². The third-order valence-electron chi connectivity index (χ3n) is 4.51. The molecule has 1 fully saturated rings. The number of aromatic nitrogens is 2. The Hall–Kier alpha value is -1.53. The first-order valence-corrected chi connectivity index (χ1v) is 8.56. The van der Waals surface area contributed by atoms with Crippen LogP contribution >= 0.6 is 0 Å². The SMILES string of the molecule is CC(C)c1ncc2c(n1)CN(CC(=O)NC1CCOCC1)CC2. The van der Waals surface area contributed by atoms with Gasteiger partial charge in [0.2, 0.25) is 5.91 Å². The molecule has 1 N–H and O–H groups in total. The molecule has 1 aromatic rings. The molecule has 0 unspecified atom stereocenters. The number of carbonyl (C=O) groups is 1. The molecule has 0 atom stereocenters. The van der Waals surface area contributed by atoms with Crippen LogP contribution in [0.1, 0.15) is 49.7 Å². The fourth-order valence-electron chi connectivity index (χ4n) is 3.10. The minimum absolute atomic E-state index is 0.110. The molecule has 1 saturated heterocycles. The van der Waals surface area contributed by atoms with Crippen LogP contribution in [0, 0.1) is 0 Å². The summed E-state index contributed by atoms with van der Waals surface area (Å²) < 4.78 is 5.32. The second kappa shape index (κ2) is 7.36. The van der Waals surface area contributed by atoms with Gasteiger partial charge in [-0.25, -0.2) is 9.97 Å². The van der Waals surface area contributed by atoms with Crippen molar-refractivity contribution in [2.24, 2.45) is 0 Å². The highest BCUT2D eigenvalue weighted by molar-refractivity contribution is 5.78. The molecule has 0 saturated carbocycles. The summed E-state index contributed by atoms with van der Waals surface area (Å²) in [4.78, 5) is 23.5. The van der Waals surface area contributed by atoms with Crippen molar-refractivity contribution in [3.8, 4) is 0 Å². The van der Waals surface area contributed by atoms with E-state index in [1.54, 1.807) is 0 Å². The number of nitrogens with one attached hydrogen (secondary N) is 1.